The number of ether oxygens (including phenoxy) is 2. The number of hydrogen-bond acceptors (Lipinski definition) is 9. The first-order valence-electron chi connectivity index (χ1n) is 19.8. The lowest BCUT2D eigenvalue weighted by Crippen LogP contribution is -2.29. The average Bonchev–Trinajstić information content (AvgIpc) is 3.09. The van der Waals surface area contributed by atoms with Crippen LogP contribution in [0.15, 0.2) is 0 Å². The summed E-state index contributed by atoms with van der Waals surface area (Å²) in [5, 5.41) is 8.79. The Bertz CT molecular complexity index is 837. The van der Waals surface area contributed by atoms with E-state index in [1.165, 1.54) is 116 Å². The van der Waals surface area contributed by atoms with E-state index in [-0.39, 0.29) is 19.4 Å². The number of carbonyl (C=O) groups is 3. The first-order chi connectivity index (χ1) is 23.7. The topological polar surface area (TPSA) is 146 Å². The normalized spacial score (nSPS) is 13.2. The van der Waals surface area contributed by atoms with E-state index in [1.54, 1.807) is 0 Å². The van der Waals surface area contributed by atoms with Crippen LogP contribution in [0.1, 0.15) is 194 Å². The van der Waals surface area contributed by atoms with Gasteiger partial charge < -0.3 is 19.5 Å². The lowest BCUT2D eigenvalue weighted by molar-refractivity contribution is -0.161. The molecule has 0 amide bonds. The number of phosphoric ester groups is 1. The molecule has 0 aliphatic rings. The van der Waals surface area contributed by atoms with Crippen molar-refractivity contribution in [1.82, 2.24) is 0 Å². The maximum atomic E-state index is 12.5. The molecule has 49 heavy (non-hydrogen) atoms. The number of carbonyl (C=O) groups excluding carboxylic acids is 3. The largest absolute Gasteiger partial charge is 0.472 e. The van der Waals surface area contributed by atoms with Crippen LogP contribution in [0.3, 0.4) is 0 Å². The van der Waals surface area contributed by atoms with E-state index in [0.717, 1.165) is 38.5 Å². The monoisotopic (exact) mass is 720 g/mol. The first-order valence-corrected chi connectivity index (χ1v) is 21.3. The molecular formula is C38H73O10P. The molecule has 0 saturated heterocycles. The van der Waals surface area contributed by atoms with Crippen LogP contribution < -0.4 is 0 Å². The summed E-state index contributed by atoms with van der Waals surface area (Å²) in [5.74, 6) is -1.73. The molecule has 0 spiro atoms. The van der Waals surface area contributed by atoms with Gasteiger partial charge in [0.1, 0.15) is 19.8 Å². The summed E-state index contributed by atoms with van der Waals surface area (Å²) in [4.78, 5) is 46.0. The third kappa shape index (κ3) is 34.9. The summed E-state index contributed by atoms with van der Waals surface area (Å²) < 4.78 is 32.4. The Morgan fingerprint density at radius 3 is 1.29 bits per heavy atom. The van der Waals surface area contributed by atoms with E-state index in [4.69, 9.17) is 19.1 Å². The fourth-order valence-electron chi connectivity index (χ4n) is 5.61. The molecule has 290 valence electrons. The SMILES string of the molecule is CCCCCCCCCCCCCCCC(=O)OC[C@H](COP(=O)(O)OCC(=O)CO)OC(=O)CCCCCCCCCCCCCCC. The summed E-state index contributed by atoms with van der Waals surface area (Å²) in [5.41, 5.74) is 0. The fraction of sp³-hybridized carbons (Fsp3) is 0.921. The summed E-state index contributed by atoms with van der Waals surface area (Å²) in [6, 6.07) is 0. The van der Waals surface area contributed by atoms with E-state index < -0.39 is 51.5 Å². The molecule has 0 aliphatic carbocycles. The lowest BCUT2D eigenvalue weighted by Gasteiger charge is -2.19. The van der Waals surface area contributed by atoms with E-state index >= 15 is 0 Å². The number of rotatable bonds is 38. The quantitative estimate of drug-likeness (QED) is 0.0359. The van der Waals surface area contributed by atoms with Crippen LogP contribution in [-0.4, -0.2) is 60.3 Å². The van der Waals surface area contributed by atoms with Gasteiger partial charge in [-0.05, 0) is 12.8 Å². The molecular weight excluding hydrogens is 647 g/mol. The number of aliphatic hydroxyl groups is 1. The van der Waals surface area contributed by atoms with Crippen molar-refractivity contribution >= 4 is 25.5 Å². The highest BCUT2D eigenvalue weighted by Gasteiger charge is 2.27. The molecule has 0 fully saturated rings. The van der Waals surface area contributed by atoms with Crippen LogP contribution in [0.5, 0.6) is 0 Å². The van der Waals surface area contributed by atoms with Gasteiger partial charge in [-0.25, -0.2) is 4.57 Å². The minimum absolute atomic E-state index is 0.180. The van der Waals surface area contributed by atoms with Crippen molar-refractivity contribution in [2.75, 3.05) is 26.4 Å². The van der Waals surface area contributed by atoms with Crippen molar-refractivity contribution in [2.45, 2.75) is 200 Å². The number of aliphatic hydroxyl groups excluding tert-OH is 1. The van der Waals surface area contributed by atoms with Gasteiger partial charge in [-0.1, -0.05) is 168 Å². The Morgan fingerprint density at radius 1 is 0.531 bits per heavy atom. The van der Waals surface area contributed by atoms with Gasteiger partial charge in [0.2, 0.25) is 0 Å². The zero-order valence-corrected chi connectivity index (χ0v) is 32.2. The van der Waals surface area contributed by atoms with E-state index in [9.17, 15) is 23.8 Å². The molecule has 11 heteroatoms. The molecule has 0 aromatic rings. The van der Waals surface area contributed by atoms with Gasteiger partial charge in [-0.2, -0.15) is 0 Å². The number of phosphoric acid groups is 1. The lowest BCUT2D eigenvalue weighted by atomic mass is 10.0. The maximum absolute atomic E-state index is 12.5. The minimum Gasteiger partial charge on any atom is -0.462 e. The predicted octanol–water partition coefficient (Wildman–Crippen LogP) is 10.1. The Hall–Kier alpha value is -1.32. The number of unbranched alkanes of at least 4 members (excludes halogenated alkanes) is 24. The smallest absolute Gasteiger partial charge is 0.462 e. The highest BCUT2D eigenvalue weighted by molar-refractivity contribution is 7.47. The van der Waals surface area contributed by atoms with Gasteiger partial charge >= 0.3 is 19.8 Å². The summed E-state index contributed by atoms with van der Waals surface area (Å²) in [6.45, 7) is 1.95. The van der Waals surface area contributed by atoms with Crippen molar-refractivity contribution in [3.63, 3.8) is 0 Å². The van der Waals surface area contributed by atoms with Gasteiger partial charge in [0.05, 0.1) is 6.61 Å². The summed E-state index contributed by atoms with van der Waals surface area (Å²) in [6.07, 6.45) is 30.4. The van der Waals surface area contributed by atoms with Crippen LogP contribution in [0.2, 0.25) is 0 Å². The van der Waals surface area contributed by atoms with E-state index in [0.29, 0.717) is 12.8 Å². The van der Waals surface area contributed by atoms with Crippen LogP contribution in [-0.2, 0) is 37.5 Å². The highest BCUT2D eigenvalue weighted by atomic mass is 31.2. The standard InChI is InChI=1S/C38H73O10P/c1-3-5-7-9-11-13-15-17-19-21-23-25-27-29-37(41)45-33-36(34-47-49(43,44)46-32-35(40)31-39)48-38(42)30-28-26-24-22-20-18-16-14-12-10-8-6-4-2/h36,39H,3-34H2,1-2H3,(H,43,44)/t36-/m1/s1. The molecule has 0 saturated carbocycles. The second-order valence-corrected chi connectivity index (χ2v) is 15.0. The molecule has 2 N–H and O–H groups in total. The second kappa shape index (κ2) is 35.1. The Balaban J connectivity index is 4.32. The third-order valence-corrected chi connectivity index (χ3v) is 9.62. The Labute approximate surface area is 298 Å². The van der Waals surface area contributed by atoms with Crippen molar-refractivity contribution in [3.05, 3.63) is 0 Å². The predicted molar refractivity (Wildman–Crippen MR) is 195 cm³/mol. The number of esters is 2. The molecule has 0 heterocycles. The van der Waals surface area contributed by atoms with E-state index in [1.807, 2.05) is 0 Å². The van der Waals surface area contributed by atoms with Gasteiger partial charge in [-0.15, -0.1) is 0 Å². The van der Waals surface area contributed by atoms with Crippen molar-refractivity contribution in [2.24, 2.45) is 0 Å². The molecule has 0 aromatic heterocycles. The van der Waals surface area contributed by atoms with Gasteiger partial charge in [0.25, 0.3) is 0 Å². The number of Topliss-reactive ketones (excluding diaryl/α,β-unsaturated/α-hetero) is 1. The molecule has 0 aromatic carbocycles. The van der Waals surface area contributed by atoms with Crippen molar-refractivity contribution < 1.29 is 47.5 Å². The fourth-order valence-corrected chi connectivity index (χ4v) is 6.34. The van der Waals surface area contributed by atoms with E-state index in [2.05, 4.69) is 18.4 Å². The molecule has 1 unspecified atom stereocenters. The zero-order valence-electron chi connectivity index (χ0n) is 31.3. The molecule has 0 rings (SSSR count). The van der Waals surface area contributed by atoms with Crippen molar-refractivity contribution in [3.8, 4) is 0 Å². The molecule has 0 bridgehead atoms. The molecule has 0 aliphatic heterocycles. The van der Waals surface area contributed by atoms with Crippen LogP contribution in [0.4, 0.5) is 0 Å². The Morgan fingerprint density at radius 2 is 0.898 bits per heavy atom. The molecule has 0 radical (unpaired) electrons. The van der Waals surface area contributed by atoms with Gasteiger partial charge in [0, 0.05) is 12.8 Å². The third-order valence-electron chi connectivity index (χ3n) is 8.69. The summed E-state index contributed by atoms with van der Waals surface area (Å²) in [7, 11) is -4.66. The maximum Gasteiger partial charge on any atom is 0.472 e. The zero-order chi connectivity index (χ0) is 36.3. The summed E-state index contributed by atoms with van der Waals surface area (Å²) >= 11 is 0. The van der Waals surface area contributed by atoms with Gasteiger partial charge in [0.15, 0.2) is 11.9 Å². The average molecular weight is 721 g/mol. The Kier molecular flexibility index (Phi) is 34.2. The van der Waals surface area contributed by atoms with Crippen LogP contribution in [0.25, 0.3) is 0 Å². The first kappa shape index (κ1) is 47.7. The van der Waals surface area contributed by atoms with Crippen LogP contribution in [0, 0.1) is 0 Å². The van der Waals surface area contributed by atoms with Crippen LogP contribution >= 0.6 is 7.82 Å². The number of ketones is 1. The van der Waals surface area contributed by atoms with Gasteiger partial charge in [-0.3, -0.25) is 23.4 Å². The second-order valence-electron chi connectivity index (χ2n) is 13.5. The minimum atomic E-state index is -4.66. The molecule has 10 nitrogen and oxygen atoms in total. The molecule has 2 atom stereocenters. The highest BCUT2D eigenvalue weighted by Crippen LogP contribution is 2.43. The number of hydrogen-bond donors (Lipinski definition) is 2. The van der Waals surface area contributed by atoms with Crippen molar-refractivity contribution in [1.29, 1.82) is 0 Å².